The van der Waals surface area contributed by atoms with E-state index in [0.29, 0.717) is 0 Å². The van der Waals surface area contributed by atoms with Crippen LogP contribution in [0.4, 0.5) is 0 Å². The molecule has 0 radical (unpaired) electrons. The van der Waals surface area contributed by atoms with Crippen molar-refractivity contribution >= 4 is 0 Å². The van der Waals surface area contributed by atoms with Gasteiger partial charge in [0.1, 0.15) is 5.75 Å². The summed E-state index contributed by atoms with van der Waals surface area (Å²) < 4.78 is 5.57. The molecule has 4 nitrogen and oxygen atoms in total. The zero-order valence-corrected chi connectivity index (χ0v) is 12.7. The normalized spacial score (nSPS) is 23.6. The molecule has 4 rings (SSSR count). The molecular weight excluding hydrogens is 262 g/mol. The SMILES string of the molecule is c1cc2c(cc1CCN1CC(N3CCNCC3)C1)CCO2. The van der Waals surface area contributed by atoms with E-state index < -0.39 is 0 Å². The number of hydrogen-bond acceptors (Lipinski definition) is 4. The molecule has 3 heterocycles. The number of likely N-dealkylation sites (tertiary alicyclic amines) is 1. The van der Waals surface area contributed by atoms with Gasteiger partial charge in [-0.25, -0.2) is 0 Å². The monoisotopic (exact) mass is 287 g/mol. The number of rotatable bonds is 4. The van der Waals surface area contributed by atoms with Gasteiger partial charge in [0, 0.05) is 58.3 Å². The fourth-order valence-electron chi connectivity index (χ4n) is 3.69. The van der Waals surface area contributed by atoms with Gasteiger partial charge < -0.3 is 10.1 Å². The minimum Gasteiger partial charge on any atom is -0.493 e. The third-order valence-electron chi connectivity index (χ3n) is 5.08. The van der Waals surface area contributed by atoms with Crippen LogP contribution in [0.5, 0.6) is 5.75 Å². The van der Waals surface area contributed by atoms with Crippen LogP contribution in [-0.2, 0) is 12.8 Å². The van der Waals surface area contributed by atoms with Crippen molar-refractivity contribution in [1.82, 2.24) is 15.1 Å². The van der Waals surface area contributed by atoms with E-state index in [2.05, 4.69) is 33.3 Å². The number of fused-ring (bicyclic) bond motifs is 1. The summed E-state index contributed by atoms with van der Waals surface area (Å²) in [4.78, 5) is 5.25. The summed E-state index contributed by atoms with van der Waals surface area (Å²) in [5.74, 6) is 1.10. The molecule has 0 aliphatic carbocycles. The summed E-state index contributed by atoms with van der Waals surface area (Å²) in [5.41, 5.74) is 2.86. The molecule has 0 saturated carbocycles. The standard InChI is InChI=1S/C17H25N3O/c1-2-17-15(4-10-21-17)11-14(1)3-7-19-12-16(13-19)20-8-5-18-6-9-20/h1-2,11,16,18H,3-10,12-13H2. The quantitative estimate of drug-likeness (QED) is 0.884. The highest BCUT2D eigenvalue weighted by atomic mass is 16.5. The van der Waals surface area contributed by atoms with E-state index in [9.17, 15) is 0 Å². The molecule has 3 aliphatic rings. The number of ether oxygens (including phenoxy) is 1. The van der Waals surface area contributed by atoms with Crippen molar-refractivity contribution in [1.29, 1.82) is 0 Å². The average molecular weight is 287 g/mol. The van der Waals surface area contributed by atoms with Crippen molar-refractivity contribution in [2.75, 3.05) is 52.4 Å². The Kier molecular flexibility index (Phi) is 3.84. The van der Waals surface area contributed by atoms with Crippen LogP contribution < -0.4 is 10.1 Å². The lowest BCUT2D eigenvalue weighted by atomic mass is 10.0. The zero-order valence-electron chi connectivity index (χ0n) is 12.7. The Morgan fingerprint density at radius 1 is 1.19 bits per heavy atom. The lowest BCUT2D eigenvalue weighted by molar-refractivity contribution is 0.0282. The minimum absolute atomic E-state index is 0.806. The Hall–Kier alpha value is -1.10. The molecule has 0 spiro atoms. The molecule has 0 aromatic heterocycles. The second kappa shape index (κ2) is 5.95. The van der Waals surface area contributed by atoms with Gasteiger partial charge in [0.15, 0.2) is 0 Å². The van der Waals surface area contributed by atoms with Gasteiger partial charge in [-0.2, -0.15) is 0 Å². The molecule has 21 heavy (non-hydrogen) atoms. The molecule has 1 N–H and O–H groups in total. The van der Waals surface area contributed by atoms with E-state index >= 15 is 0 Å². The fraction of sp³-hybridized carbons (Fsp3) is 0.647. The first-order valence-corrected chi connectivity index (χ1v) is 8.30. The number of nitrogens with zero attached hydrogens (tertiary/aromatic N) is 2. The lowest BCUT2D eigenvalue weighted by Gasteiger charge is -2.47. The largest absolute Gasteiger partial charge is 0.493 e. The maximum atomic E-state index is 5.57. The van der Waals surface area contributed by atoms with E-state index in [-0.39, 0.29) is 0 Å². The summed E-state index contributed by atoms with van der Waals surface area (Å²) in [6.07, 6.45) is 2.25. The van der Waals surface area contributed by atoms with Gasteiger partial charge >= 0.3 is 0 Å². The van der Waals surface area contributed by atoms with Gasteiger partial charge in [-0.15, -0.1) is 0 Å². The Labute approximate surface area is 127 Å². The van der Waals surface area contributed by atoms with Crippen LogP contribution in [0.25, 0.3) is 0 Å². The van der Waals surface area contributed by atoms with Crippen molar-refractivity contribution in [2.24, 2.45) is 0 Å². The van der Waals surface area contributed by atoms with E-state index in [1.807, 2.05) is 0 Å². The van der Waals surface area contributed by atoms with Gasteiger partial charge in [-0.3, -0.25) is 9.80 Å². The zero-order chi connectivity index (χ0) is 14.1. The van der Waals surface area contributed by atoms with Crippen LogP contribution in [0.15, 0.2) is 18.2 Å². The smallest absolute Gasteiger partial charge is 0.122 e. The minimum atomic E-state index is 0.806. The topological polar surface area (TPSA) is 27.7 Å². The van der Waals surface area contributed by atoms with Gasteiger partial charge in [-0.05, 0) is 23.6 Å². The first-order chi connectivity index (χ1) is 10.4. The van der Waals surface area contributed by atoms with Crippen molar-refractivity contribution < 1.29 is 4.74 Å². The molecule has 1 aromatic rings. The Morgan fingerprint density at radius 3 is 2.90 bits per heavy atom. The summed E-state index contributed by atoms with van der Waals surface area (Å²) in [5, 5.41) is 3.43. The Morgan fingerprint density at radius 2 is 2.05 bits per heavy atom. The molecule has 0 unspecified atom stereocenters. The van der Waals surface area contributed by atoms with Crippen LogP contribution >= 0.6 is 0 Å². The van der Waals surface area contributed by atoms with Crippen molar-refractivity contribution in [3.8, 4) is 5.75 Å². The van der Waals surface area contributed by atoms with Crippen molar-refractivity contribution in [2.45, 2.75) is 18.9 Å². The molecule has 0 atom stereocenters. The van der Waals surface area contributed by atoms with E-state index in [4.69, 9.17) is 4.74 Å². The number of benzene rings is 1. The number of nitrogens with one attached hydrogen (secondary N) is 1. The van der Waals surface area contributed by atoms with E-state index in [1.54, 1.807) is 0 Å². The third-order valence-corrected chi connectivity index (χ3v) is 5.08. The van der Waals surface area contributed by atoms with Crippen LogP contribution in [0, 0.1) is 0 Å². The van der Waals surface area contributed by atoms with Crippen molar-refractivity contribution in [3.05, 3.63) is 29.3 Å². The molecule has 1 aromatic carbocycles. The van der Waals surface area contributed by atoms with Crippen LogP contribution in [-0.4, -0.2) is 68.3 Å². The average Bonchev–Trinajstić information content (AvgIpc) is 2.94. The highest BCUT2D eigenvalue weighted by Gasteiger charge is 2.31. The maximum absolute atomic E-state index is 5.57. The van der Waals surface area contributed by atoms with Crippen LogP contribution in [0.1, 0.15) is 11.1 Å². The highest BCUT2D eigenvalue weighted by molar-refractivity contribution is 5.39. The molecule has 0 bridgehead atoms. The first-order valence-electron chi connectivity index (χ1n) is 8.30. The summed E-state index contributed by atoms with van der Waals surface area (Å²) in [6.45, 7) is 9.34. The van der Waals surface area contributed by atoms with E-state index in [0.717, 1.165) is 37.9 Å². The van der Waals surface area contributed by atoms with E-state index in [1.165, 1.54) is 50.3 Å². The number of hydrogen-bond donors (Lipinski definition) is 1. The predicted octanol–water partition coefficient (Wildman–Crippen LogP) is 0.753. The Balaban J connectivity index is 1.23. The molecule has 114 valence electrons. The molecule has 0 amide bonds. The molecule has 2 saturated heterocycles. The van der Waals surface area contributed by atoms with Gasteiger partial charge in [0.05, 0.1) is 6.61 Å². The highest BCUT2D eigenvalue weighted by Crippen LogP contribution is 2.26. The summed E-state index contributed by atoms with van der Waals surface area (Å²) in [7, 11) is 0. The van der Waals surface area contributed by atoms with Gasteiger partial charge in [0.25, 0.3) is 0 Å². The van der Waals surface area contributed by atoms with Crippen LogP contribution in [0.3, 0.4) is 0 Å². The second-order valence-electron chi connectivity index (χ2n) is 6.49. The van der Waals surface area contributed by atoms with Crippen molar-refractivity contribution in [3.63, 3.8) is 0 Å². The molecule has 3 aliphatic heterocycles. The second-order valence-corrected chi connectivity index (χ2v) is 6.49. The van der Waals surface area contributed by atoms with Crippen LogP contribution in [0.2, 0.25) is 0 Å². The fourth-order valence-corrected chi connectivity index (χ4v) is 3.69. The first kappa shape index (κ1) is 13.6. The summed E-state index contributed by atoms with van der Waals surface area (Å²) in [6, 6.07) is 7.53. The number of piperazine rings is 1. The van der Waals surface area contributed by atoms with Gasteiger partial charge in [-0.1, -0.05) is 12.1 Å². The maximum Gasteiger partial charge on any atom is 0.122 e. The Bertz CT molecular complexity index is 493. The van der Waals surface area contributed by atoms with Gasteiger partial charge in [0.2, 0.25) is 0 Å². The third kappa shape index (κ3) is 2.93. The predicted molar refractivity (Wildman–Crippen MR) is 84.0 cm³/mol. The molecule has 4 heteroatoms. The molecular formula is C17H25N3O. The molecule has 2 fully saturated rings. The lowest BCUT2D eigenvalue weighted by Crippen LogP contribution is -2.62. The summed E-state index contributed by atoms with van der Waals surface area (Å²) >= 11 is 0.